The SMILES string of the molecule is [B][B]c1c(C)[c-]c(N(C)[C-]=CC=[C-]/C=C/[C-]=[N+](C)c2[c-]c(C)c([B])c(C)c2)cc1C#C.[V].[Y].[Y].[Y]. The van der Waals surface area contributed by atoms with Crippen molar-refractivity contribution in [2.75, 3.05) is 19.0 Å². The second-order valence-electron chi connectivity index (χ2n) is 7.00. The molecule has 0 saturated heterocycles. The van der Waals surface area contributed by atoms with Crippen molar-refractivity contribution in [3.05, 3.63) is 83.1 Å². The molecule has 0 atom stereocenters. The van der Waals surface area contributed by atoms with E-state index in [-0.39, 0.29) is 117 Å². The molecule has 2 aromatic rings. The number of allylic oxidation sites excluding steroid dienone is 5. The van der Waals surface area contributed by atoms with Crippen LogP contribution in [0, 0.1) is 57.5 Å². The van der Waals surface area contributed by atoms with Gasteiger partial charge in [-0.05, 0) is 20.5 Å². The Kier molecular flexibility index (Phi) is 23.8. The molecule has 2 nitrogen and oxygen atoms in total. The fourth-order valence-electron chi connectivity index (χ4n) is 2.87. The third kappa shape index (κ3) is 12.5. The molecular weight excluding hydrogens is 690 g/mol. The molecule has 0 aliphatic rings. The fraction of sp³-hybridized carbons (Fsp3) is 0.192. The summed E-state index contributed by atoms with van der Waals surface area (Å²) in [6.07, 6.45) is 22.0. The first-order valence-electron chi connectivity index (χ1n) is 9.71. The molecule has 0 amide bonds. The zero-order valence-electron chi connectivity index (χ0n) is 20.8. The van der Waals surface area contributed by atoms with Crippen molar-refractivity contribution >= 4 is 51.3 Å². The summed E-state index contributed by atoms with van der Waals surface area (Å²) in [5.41, 5.74) is 6.89. The standard InChI is InChI=1S/C26H22B3N2.V.3Y/c1-7-22-18-24(17-21(4)26(22)29-28)31(6)14-12-10-8-9-11-13-30(5)23-15-19(2)25(27)20(3)16-23;;;;/h1,9-12,15,18H,2-6H3;;;;/q-4;;;;/b11-9+;;;;. The van der Waals surface area contributed by atoms with E-state index in [0.29, 0.717) is 0 Å². The van der Waals surface area contributed by atoms with E-state index < -0.39 is 0 Å². The summed E-state index contributed by atoms with van der Waals surface area (Å²) in [5, 5.41) is 0. The summed E-state index contributed by atoms with van der Waals surface area (Å²) >= 11 is 0. The van der Waals surface area contributed by atoms with Crippen molar-refractivity contribution in [3.63, 3.8) is 0 Å². The van der Waals surface area contributed by atoms with E-state index in [9.17, 15) is 0 Å². The van der Waals surface area contributed by atoms with E-state index in [1.165, 1.54) is 7.17 Å². The van der Waals surface area contributed by atoms with Crippen molar-refractivity contribution in [3.8, 4) is 12.3 Å². The minimum absolute atomic E-state index is 0. The van der Waals surface area contributed by atoms with Crippen LogP contribution in [0.4, 0.5) is 11.4 Å². The Hall–Kier alpha value is 0.781. The van der Waals surface area contributed by atoms with Crippen molar-refractivity contribution in [2.45, 2.75) is 20.8 Å². The smallest absolute Gasteiger partial charge is 0.113 e. The minimum Gasteiger partial charge on any atom is -0.490 e. The monoisotopic (exact) mass is 713 g/mol. The van der Waals surface area contributed by atoms with Gasteiger partial charge in [0.2, 0.25) is 0 Å². The van der Waals surface area contributed by atoms with Crippen LogP contribution in [0.25, 0.3) is 0 Å². The van der Waals surface area contributed by atoms with Gasteiger partial charge >= 0.3 is 0 Å². The Labute approximate surface area is 303 Å². The van der Waals surface area contributed by atoms with Crippen molar-refractivity contribution in [1.29, 1.82) is 0 Å². The van der Waals surface area contributed by atoms with Crippen molar-refractivity contribution in [2.24, 2.45) is 0 Å². The molecule has 9 radical (unpaired) electrons. The van der Waals surface area contributed by atoms with Gasteiger partial charge in [-0.3, -0.25) is 18.2 Å². The number of rotatable bonds is 7. The van der Waals surface area contributed by atoms with Crippen LogP contribution in [0.1, 0.15) is 22.3 Å². The maximum Gasteiger partial charge on any atom is 0.113 e. The summed E-state index contributed by atoms with van der Waals surface area (Å²) in [4.78, 5) is 1.81. The summed E-state index contributed by atoms with van der Waals surface area (Å²) in [6.45, 7) is 5.86. The van der Waals surface area contributed by atoms with Crippen LogP contribution in [0.5, 0.6) is 0 Å². The molecule has 0 heterocycles. The number of benzene rings is 2. The minimum atomic E-state index is 0. The fourth-order valence-corrected chi connectivity index (χ4v) is 2.87. The number of nitrogens with zero attached hydrogens (tertiary/aromatic N) is 2. The van der Waals surface area contributed by atoms with Gasteiger partial charge in [0.25, 0.3) is 0 Å². The Balaban J connectivity index is -0.00000256. The first-order chi connectivity index (χ1) is 14.8. The molecule has 2 aromatic carbocycles. The molecule has 0 unspecified atom stereocenters. The topological polar surface area (TPSA) is 6.25 Å². The zero-order valence-corrected chi connectivity index (χ0v) is 30.8. The van der Waals surface area contributed by atoms with E-state index in [0.717, 1.165) is 44.6 Å². The molecule has 0 aromatic heterocycles. The molecule has 0 spiro atoms. The average molecular weight is 713 g/mol. The van der Waals surface area contributed by atoms with Crippen LogP contribution in [-0.2, 0) is 117 Å². The molecule has 0 saturated carbocycles. The van der Waals surface area contributed by atoms with Crippen LogP contribution in [-0.4, -0.2) is 47.6 Å². The molecule has 0 aliphatic carbocycles. The molecule has 0 fully saturated rings. The van der Waals surface area contributed by atoms with Crippen molar-refractivity contribution < 1.29 is 121 Å². The summed E-state index contributed by atoms with van der Waals surface area (Å²) in [5.74, 6) is 2.66. The second kappa shape index (κ2) is 20.7. The van der Waals surface area contributed by atoms with Gasteiger partial charge in [-0.1, -0.05) is 32.3 Å². The molecule has 0 bridgehead atoms. The van der Waals surface area contributed by atoms with Crippen LogP contribution in [0.2, 0.25) is 0 Å². The quantitative estimate of drug-likeness (QED) is 0.0811. The van der Waals surface area contributed by atoms with Crippen molar-refractivity contribution in [1.82, 2.24) is 0 Å². The number of hydrogen-bond acceptors (Lipinski definition) is 1. The van der Waals surface area contributed by atoms with Gasteiger partial charge in [-0.25, -0.2) is 12.1 Å². The van der Waals surface area contributed by atoms with Gasteiger partial charge in [0.1, 0.15) is 7.05 Å². The molecule has 0 N–H and O–H groups in total. The van der Waals surface area contributed by atoms with Gasteiger partial charge in [-0.2, -0.15) is 57.7 Å². The Morgan fingerprint density at radius 1 is 1.09 bits per heavy atom. The Morgan fingerprint density at radius 2 is 1.74 bits per heavy atom. The molecular formula is C26H22B3N2VY3-4. The van der Waals surface area contributed by atoms with E-state index >= 15 is 0 Å². The predicted octanol–water partition coefficient (Wildman–Crippen LogP) is 1.98. The first kappa shape index (κ1) is 40.3. The summed E-state index contributed by atoms with van der Waals surface area (Å²) in [7, 11) is 16.9. The molecule has 9 heteroatoms. The largest absolute Gasteiger partial charge is 0.490 e. The van der Waals surface area contributed by atoms with Gasteiger partial charge in [-0.15, -0.1) is 6.42 Å². The average Bonchev–Trinajstić information content (AvgIpc) is 2.75. The van der Waals surface area contributed by atoms with Gasteiger partial charge in [0.15, 0.2) is 0 Å². The van der Waals surface area contributed by atoms with Gasteiger partial charge < -0.3 is 15.6 Å². The third-order valence-corrected chi connectivity index (χ3v) is 4.73. The summed E-state index contributed by atoms with van der Waals surface area (Å²) < 4.78 is 1.86. The number of aryl methyl sites for hydroxylation is 3. The van der Waals surface area contributed by atoms with E-state index in [1.54, 1.807) is 24.3 Å². The Bertz CT molecular complexity index is 1100. The van der Waals surface area contributed by atoms with E-state index in [1.807, 2.05) is 56.5 Å². The molecule has 35 heavy (non-hydrogen) atoms. The van der Waals surface area contributed by atoms with Gasteiger partial charge in [0, 0.05) is 138 Å². The van der Waals surface area contributed by atoms with Crippen LogP contribution < -0.4 is 15.8 Å². The first-order valence-corrected chi connectivity index (χ1v) is 9.71. The summed E-state index contributed by atoms with van der Waals surface area (Å²) in [6, 6.07) is 10.4. The number of terminal acetylenes is 1. The normalized spacial score (nSPS) is 10.7. The zero-order chi connectivity index (χ0) is 23.0. The maximum absolute atomic E-state index is 5.98. The van der Waals surface area contributed by atoms with Crippen LogP contribution >= 0.6 is 0 Å². The number of hydrogen-bond donors (Lipinski definition) is 0. The van der Waals surface area contributed by atoms with Gasteiger partial charge in [0.05, 0.1) is 0 Å². The number of anilines is 1. The second-order valence-corrected chi connectivity index (χ2v) is 7.00. The van der Waals surface area contributed by atoms with E-state index in [4.69, 9.17) is 22.0 Å². The Morgan fingerprint density at radius 3 is 2.31 bits per heavy atom. The van der Waals surface area contributed by atoms with E-state index in [2.05, 4.69) is 36.5 Å². The van der Waals surface area contributed by atoms with Crippen LogP contribution in [0.15, 0.2) is 36.4 Å². The predicted molar refractivity (Wildman–Crippen MR) is 133 cm³/mol. The maximum atomic E-state index is 5.98. The molecule has 163 valence electrons. The molecule has 2 rings (SSSR count). The molecule has 0 aliphatic heterocycles. The third-order valence-electron chi connectivity index (χ3n) is 4.73. The van der Waals surface area contributed by atoms with Crippen LogP contribution in [0.3, 0.4) is 0 Å².